The van der Waals surface area contributed by atoms with Crippen molar-refractivity contribution in [3.05, 3.63) is 0 Å². The molecule has 3 heteroatoms. The van der Waals surface area contributed by atoms with E-state index < -0.39 is 0 Å². The first-order valence-electron chi connectivity index (χ1n) is 7.72. The third kappa shape index (κ3) is 3.43. The maximum Gasteiger partial charge on any atom is 0.0218 e. The lowest BCUT2D eigenvalue weighted by molar-refractivity contribution is 0.0805. The van der Waals surface area contributed by atoms with Gasteiger partial charge in [-0.15, -0.1) is 0 Å². The van der Waals surface area contributed by atoms with Crippen molar-refractivity contribution in [3.8, 4) is 0 Å². The van der Waals surface area contributed by atoms with E-state index in [2.05, 4.69) is 49.7 Å². The Morgan fingerprint density at radius 3 is 2.78 bits per heavy atom. The SMILES string of the molecule is CCSC1CCC(N2CC(C(C)C)NCC2C)C1. The average molecular weight is 270 g/mol. The molecule has 1 saturated heterocycles. The fourth-order valence-corrected chi connectivity index (χ4v) is 4.60. The van der Waals surface area contributed by atoms with Gasteiger partial charge in [-0.1, -0.05) is 20.8 Å². The van der Waals surface area contributed by atoms with Crippen molar-refractivity contribution in [2.24, 2.45) is 5.92 Å². The van der Waals surface area contributed by atoms with Gasteiger partial charge in [0.15, 0.2) is 0 Å². The molecule has 0 spiro atoms. The van der Waals surface area contributed by atoms with Crippen LogP contribution in [0.5, 0.6) is 0 Å². The minimum Gasteiger partial charge on any atom is -0.311 e. The smallest absolute Gasteiger partial charge is 0.0218 e. The Bertz CT molecular complexity index is 257. The normalized spacial score (nSPS) is 38.5. The third-order valence-electron chi connectivity index (χ3n) is 4.68. The fraction of sp³-hybridized carbons (Fsp3) is 1.00. The summed E-state index contributed by atoms with van der Waals surface area (Å²) in [6, 6.07) is 2.27. The maximum atomic E-state index is 3.71. The molecule has 1 aliphatic heterocycles. The van der Waals surface area contributed by atoms with Crippen LogP contribution in [0, 0.1) is 5.92 Å². The van der Waals surface area contributed by atoms with Crippen molar-refractivity contribution in [1.82, 2.24) is 10.2 Å². The second kappa shape index (κ2) is 6.62. The second-order valence-electron chi connectivity index (χ2n) is 6.35. The number of thioether (sulfide) groups is 1. The van der Waals surface area contributed by atoms with Crippen LogP contribution in [0.4, 0.5) is 0 Å². The summed E-state index contributed by atoms with van der Waals surface area (Å²) >= 11 is 2.17. The molecule has 4 atom stereocenters. The molecule has 1 N–H and O–H groups in total. The lowest BCUT2D eigenvalue weighted by Gasteiger charge is -2.43. The minimum absolute atomic E-state index is 0.694. The molecular weight excluding hydrogens is 240 g/mol. The predicted molar refractivity (Wildman–Crippen MR) is 82.4 cm³/mol. The van der Waals surface area contributed by atoms with Crippen LogP contribution in [-0.4, -0.2) is 47.1 Å². The highest BCUT2D eigenvalue weighted by Crippen LogP contribution is 2.34. The van der Waals surface area contributed by atoms with E-state index in [-0.39, 0.29) is 0 Å². The van der Waals surface area contributed by atoms with E-state index in [0.29, 0.717) is 6.04 Å². The van der Waals surface area contributed by atoms with Gasteiger partial charge in [0.2, 0.25) is 0 Å². The molecule has 0 bridgehead atoms. The zero-order valence-corrected chi connectivity index (χ0v) is 13.3. The Labute approximate surface area is 117 Å². The fourth-order valence-electron chi connectivity index (χ4n) is 3.47. The van der Waals surface area contributed by atoms with E-state index in [1.54, 1.807) is 0 Å². The van der Waals surface area contributed by atoms with Crippen LogP contribution in [-0.2, 0) is 0 Å². The predicted octanol–water partition coefficient (Wildman–Crippen LogP) is 2.98. The molecule has 2 fully saturated rings. The molecule has 2 nitrogen and oxygen atoms in total. The molecule has 2 aliphatic rings. The molecule has 0 aromatic carbocycles. The maximum absolute atomic E-state index is 3.71. The Hall–Kier alpha value is 0.270. The molecule has 18 heavy (non-hydrogen) atoms. The molecule has 1 aliphatic carbocycles. The number of piperazine rings is 1. The van der Waals surface area contributed by atoms with E-state index in [9.17, 15) is 0 Å². The Morgan fingerprint density at radius 1 is 1.33 bits per heavy atom. The minimum atomic E-state index is 0.694. The van der Waals surface area contributed by atoms with E-state index in [0.717, 1.165) is 23.3 Å². The molecule has 0 amide bonds. The number of hydrogen-bond donors (Lipinski definition) is 1. The molecular formula is C15H30N2S. The lowest BCUT2D eigenvalue weighted by atomic mass is 9.98. The van der Waals surface area contributed by atoms with Crippen molar-refractivity contribution in [2.75, 3.05) is 18.8 Å². The molecule has 106 valence electrons. The standard InChI is InChI=1S/C15H30N2S/c1-5-18-14-7-6-13(8-14)17-10-15(11(2)3)16-9-12(17)4/h11-16H,5-10H2,1-4H3. The summed E-state index contributed by atoms with van der Waals surface area (Å²) in [5.41, 5.74) is 0. The van der Waals surface area contributed by atoms with Crippen molar-refractivity contribution in [2.45, 2.75) is 70.3 Å². The highest BCUT2D eigenvalue weighted by Gasteiger charge is 2.35. The van der Waals surface area contributed by atoms with Gasteiger partial charge in [-0.25, -0.2) is 0 Å². The van der Waals surface area contributed by atoms with Gasteiger partial charge in [-0.05, 0) is 37.9 Å². The molecule has 2 rings (SSSR count). The largest absolute Gasteiger partial charge is 0.311 e. The first-order chi connectivity index (χ1) is 8.61. The van der Waals surface area contributed by atoms with Crippen LogP contribution < -0.4 is 5.32 Å². The van der Waals surface area contributed by atoms with E-state index in [1.807, 2.05) is 0 Å². The number of hydrogen-bond acceptors (Lipinski definition) is 3. The molecule has 0 radical (unpaired) electrons. The van der Waals surface area contributed by atoms with Crippen LogP contribution >= 0.6 is 11.8 Å². The van der Waals surface area contributed by atoms with Gasteiger partial charge in [0.05, 0.1) is 0 Å². The summed E-state index contributed by atoms with van der Waals surface area (Å²) < 4.78 is 0. The van der Waals surface area contributed by atoms with Gasteiger partial charge in [-0.2, -0.15) is 11.8 Å². The highest BCUT2D eigenvalue weighted by molar-refractivity contribution is 7.99. The van der Waals surface area contributed by atoms with Crippen molar-refractivity contribution >= 4 is 11.8 Å². The topological polar surface area (TPSA) is 15.3 Å². The summed E-state index contributed by atoms with van der Waals surface area (Å²) in [5, 5.41) is 4.64. The van der Waals surface area contributed by atoms with Crippen LogP contribution in [0.15, 0.2) is 0 Å². The molecule has 4 unspecified atom stereocenters. The first kappa shape index (κ1) is 14.7. The van der Waals surface area contributed by atoms with E-state index in [1.165, 1.54) is 38.1 Å². The van der Waals surface area contributed by atoms with E-state index in [4.69, 9.17) is 0 Å². The number of nitrogens with zero attached hydrogens (tertiary/aromatic N) is 1. The molecule has 1 heterocycles. The van der Waals surface area contributed by atoms with Crippen LogP contribution in [0.2, 0.25) is 0 Å². The van der Waals surface area contributed by atoms with Gasteiger partial charge in [0.1, 0.15) is 0 Å². The molecule has 1 saturated carbocycles. The van der Waals surface area contributed by atoms with E-state index >= 15 is 0 Å². The van der Waals surface area contributed by atoms with Crippen molar-refractivity contribution < 1.29 is 0 Å². The summed E-state index contributed by atoms with van der Waals surface area (Å²) in [4.78, 5) is 2.80. The monoisotopic (exact) mass is 270 g/mol. The van der Waals surface area contributed by atoms with Crippen molar-refractivity contribution in [1.29, 1.82) is 0 Å². The Kier molecular flexibility index (Phi) is 5.40. The lowest BCUT2D eigenvalue weighted by Crippen LogP contribution is -2.59. The van der Waals surface area contributed by atoms with Gasteiger partial charge < -0.3 is 5.32 Å². The Balaban J connectivity index is 1.90. The van der Waals surface area contributed by atoms with Crippen LogP contribution in [0.1, 0.15) is 47.0 Å². The van der Waals surface area contributed by atoms with Crippen LogP contribution in [0.3, 0.4) is 0 Å². The van der Waals surface area contributed by atoms with Crippen molar-refractivity contribution in [3.63, 3.8) is 0 Å². The number of nitrogens with one attached hydrogen (secondary N) is 1. The second-order valence-corrected chi connectivity index (χ2v) is 7.93. The zero-order chi connectivity index (χ0) is 13.1. The molecule has 0 aromatic heterocycles. The Morgan fingerprint density at radius 2 is 2.11 bits per heavy atom. The van der Waals surface area contributed by atoms with Gasteiger partial charge in [0, 0.05) is 36.5 Å². The average Bonchev–Trinajstić information content (AvgIpc) is 2.78. The quantitative estimate of drug-likeness (QED) is 0.845. The zero-order valence-electron chi connectivity index (χ0n) is 12.5. The van der Waals surface area contributed by atoms with Gasteiger partial charge >= 0.3 is 0 Å². The first-order valence-corrected chi connectivity index (χ1v) is 8.77. The van der Waals surface area contributed by atoms with Gasteiger partial charge in [-0.3, -0.25) is 4.90 Å². The summed E-state index contributed by atoms with van der Waals surface area (Å²) in [5.74, 6) is 2.03. The van der Waals surface area contributed by atoms with Crippen LogP contribution in [0.25, 0.3) is 0 Å². The summed E-state index contributed by atoms with van der Waals surface area (Å²) in [6.07, 6.45) is 4.28. The summed E-state index contributed by atoms with van der Waals surface area (Å²) in [6.45, 7) is 11.8. The summed E-state index contributed by atoms with van der Waals surface area (Å²) in [7, 11) is 0. The number of rotatable bonds is 4. The molecule has 0 aromatic rings. The van der Waals surface area contributed by atoms with Gasteiger partial charge in [0.25, 0.3) is 0 Å². The highest BCUT2D eigenvalue weighted by atomic mass is 32.2. The third-order valence-corrected chi connectivity index (χ3v) is 5.91.